The molecule has 0 bridgehead atoms. The second kappa shape index (κ2) is 7.26. The molecule has 5 heteroatoms. The fourth-order valence-corrected chi connectivity index (χ4v) is 2.43. The van der Waals surface area contributed by atoms with Crippen LogP contribution in [0.5, 0.6) is 5.75 Å². The van der Waals surface area contributed by atoms with E-state index in [0.717, 1.165) is 17.0 Å². The van der Waals surface area contributed by atoms with E-state index in [1.165, 1.54) is 0 Å². The van der Waals surface area contributed by atoms with Crippen LogP contribution in [0.2, 0.25) is 15.1 Å². The number of anilines is 1. The van der Waals surface area contributed by atoms with E-state index in [1.54, 1.807) is 12.1 Å². The number of hydrogen-bond acceptors (Lipinski definition) is 2. The lowest BCUT2D eigenvalue weighted by Gasteiger charge is -2.12. The molecule has 1 N–H and O–H groups in total. The van der Waals surface area contributed by atoms with Gasteiger partial charge in [0.05, 0.1) is 26.9 Å². The minimum absolute atomic E-state index is 0.170. The van der Waals surface area contributed by atoms with Crippen molar-refractivity contribution in [2.75, 3.05) is 5.32 Å². The first-order chi connectivity index (χ1) is 9.95. The predicted molar refractivity (Wildman–Crippen MR) is 91.0 cm³/mol. The SMILES string of the molecule is CC(C)Oc1ccc(CNc2cc(Cl)c(Cl)cc2Cl)cc1. The molecule has 2 aromatic carbocycles. The van der Waals surface area contributed by atoms with Crippen molar-refractivity contribution in [3.8, 4) is 5.75 Å². The molecule has 2 aromatic rings. The van der Waals surface area contributed by atoms with Crippen LogP contribution in [0.15, 0.2) is 36.4 Å². The highest BCUT2D eigenvalue weighted by Gasteiger charge is 2.06. The highest BCUT2D eigenvalue weighted by atomic mass is 35.5. The Kier molecular flexibility index (Phi) is 5.63. The Labute approximate surface area is 140 Å². The van der Waals surface area contributed by atoms with Crippen LogP contribution in [0.3, 0.4) is 0 Å². The molecule has 0 radical (unpaired) electrons. The van der Waals surface area contributed by atoms with Crippen molar-refractivity contribution in [1.29, 1.82) is 0 Å². The van der Waals surface area contributed by atoms with Crippen LogP contribution in [-0.2, 0) is 6.54 Å². The molecule has 0 fully saturated rings. The Bertz CT molecular complexity index is 612. The van der Waals surface area contributed by atoms with Crippen LogP contribution in [0.4, 0.5) is 5.69 Å². The van der Waals surface area contributed by atoms with Crippen molar-refractivity contribution in [3.05, 3.63) is 57.0 Å². The fraction of sp³-hybridized carbons (Fsp3) is 0.250. The van der Waals surface area contributed by atoms with E-state index in [0.29, 0.717) is 21.6 Å². The molecule has 0 amide bonds. The lowest BCUT2D eigenvalue weighted by molar-refractivity contribution is 0.242. The van der Waals surface area contributed by atoms with Crippen LogP contribution in [-0.4, -0.2) is 6.10 Å². The zero-order valence-electron chi connectivity index (χ0n) is 11.8. The summed E-state index contributed by atoms with van der Waals surface area (Å²) in [5.74, 6) is 0.862. The molecule has 0 spiro atoms. The highest BCUT2D eigenvalue weighted by Crippen LogP contribution is 2.32. The first kappa shape index (κ1) is 16.3. The molecular weight excluding hydrogens is 329 g/mol. The first-order valence-electron chi connectivity index (χ1n) is 6.59. The second-order valence-electron chi connectivity index (χ2n) is 4.91. The van der Waals surface area contributed by atoms with E-state index in [-0.39, 0.29) is 6.10 Å². The van der Waals surface area contributed by atoms with Gasteiger partial charge < -0.3 is 10.1 Å². The van der Waals surface area contributed by atoms with Gasteiger partial charge in [0.2, 0.25) is 0 Å². The van der Waals surface area contributed by atoms with Crippen LogP contribution in [0, 0.1) is 0 Å². The standard InChI is InChI=1S/C16H16Cl3NO/c1-10(2)21-12-5-3-11(4-6-12)9-20-16-8-14(18)13(17)7-15(16)19/h3-8,10,20H,9H2,1-2H3. The van der Waals surface area contributed by atoms with Crippen molar-refractivity contribution in [2.45, 2.75) is 26.5 Å². The minimum Gasteiger partial charge on any atom is -0.491 e. The van der Waals surface area contributed by atoms with E-state index >= 15 is 0 Å². The molecule has 0 aliphatic carbocycles. The number of ether oxygens (including phenoxy) is 1. The van der Waals surface area contributed by atoms with Gasteiger partial charge in [-0.15, -0.1) is 0 Å². The number of hydrogen-bond donors (Lipinski definition) is 1. The average Bonchev–Trinajstić information content (AvgIpc) is 2.42. The summed E-state index contributed by atoms with van der Waals surface area (Å²) >= 11 is 18.0. The molecule has 0 aliphatic heterocycles. The molecule has 0 atom stereocenters. The van der Waals surface area contributed by atoms with Gasteiger partial charge in [0.15, 0.2) is 0 Å². The number of nitrogens with one attached hydrogen (secondary N) is 1. The molecule has 21 heavy (non-hydrogen) atoms. The quantitative estimate of drug-likeness (QED) is 0.667. The van der Waals surface area contributed by atoms with Gasteiger partial charge in [-0.3, -0.25) is 0 Å². The van der Waals surface area contributed by atoms with Crippen LogP contribution >= 0.6 is 34.8 Å². The van der Waals surface area contributed by atoms with Gasteiger partial charge in [-0.25, -0.2) is 0 Å². The number of benzene rings is 2. The molecule has 0 saturated carbocycles. The topological polar surface area (TPSA) is 21.3 Å². The Morgan fingerprint density at radius 3 is 2.19 bits per heavy atom. The maximum absolute atomic E-state index is 6.12. The third-order valence-electron chi connectivity index (χ3n) is 2.79. The number of halogens is 3. The lowest BCUT2D eigenvalue weighted by atomic mass is 10.2. The van der Waals surface area contributed by atoms with Gasteiger partial charge in [-0.2, -0.15) is 0 Å². The average molecular weight is 345 g/mol. The van der Waals surface area contributed by atoms with E-state index < -0.39 is 0 Å². The van der Waals surface area contributed by atoms with E-state index in [1.807, 2.05) is 38.1 Å². The third kappa shape index (κ3) is 4.70. The second-order valence-corrected chi connectivity index (χ2v) is 6.13. The Morgan fingerprint density at radius 2 is 1.57 bits per heavy atom. The molecule has 2 rings (SSSR count). The molecule has 0 aliphatic rings. The zero-order chi connectivity index (χ0) is 15.4. The molecular formula is C16H16Cl3NO. The van der Waals surface area contributed by atoms with Crippen molar-refractivity contribution in [3.63, 3.8) is 0 Å². The van der Waals surface area contributed by atoms with Crippen molar-refractivity contribution >= 4 is 40.5 Å². The molecule has 112 valence electrons. The third-order valence-corrected chi connectivity index (χ3v) is 3.82. The highest BCUT2D eigenvalue weighted by molar-refractivity contribution is 6.44. The summed E-state index contributed by atoms with van der Waals surface area (Å²) in [4.78, 5) is 0. The molecule has 2 nitrogen and oxygen atoms in total. The van der Waals surface area contributed by atoms with E-state index in [4.69, 9.17) is 39.5 Å². The Hall–Kier alpha value is -1.09. The summed E-state index contributed by atoms with van der Waals surface area (Å²) in [7, 11) is 0. The zero-order valence-corrected chi connectivity index (χ0v) is 14.1. The van der Waals surface area contributed by atoms with Crippen LogP contribution in [0.25, 0.3) is 0 Å². The maximum Gasteiger partial charge on any atom is 0.119 e. The summed E-state index contributed by atoms with van der Waals surface area (Å²) in [5.41, 5.74) is 1.88. The van der Waals surface area contributed by atoms with Gasteiger partial charge in [-0.1, -0.05) is 46.9 Å². The fourth-order valence-electron chi connectivity index (χ4n) is 1.81. The summed E-state index contributed by atoms with van der Waals surface area (Å²) < 4.78 is 5.61. The molecule has 0 unspecified atom stereocenters. The van der Waals surface area contributed by atoms with Gasteiger partial charge in [0, 0.05) is 6.54 Å². The van der Waals surface area contributed by atoms with Gasteiger partial charge in [-0.05, 0) is 43.7 Å². The first-order valence-corrected chi connectivity index (χ1v) is 7.73. The Balaban J connectivity index is 2.01. The largest absolute Gasteiger partial charge is 0.491 e. The summed E-state index contributed by atoms with van der Waals surface area (Å²) in [5, 5.41) is 4.71. The van der Waals surface area contributed by atoms with Gasteiger partial charge in [0.25, 0.3) is 0 Å². The molecule has 0 aromatic heterocycles. The van der Waals surface area contributed by atoms with Crippen LogP contribution in [0.1, 0.15) is 19.4 Å². The summed E-state index contributed by atoms with van der Waals surface area (Å²) in [6.07, 6.45) is 0.170. The lowest BCUT2D eigenvalue weighted by Crippen LogP contribution is -2.05. The van der Waals surface area contributed by atoms with E-state index in [2.05, 4.69) is 5.32 Å². The van der Waals surface area contributed by atoms with Gasteiger partial charge >= 0.3 is 0 Å². The molecule has 0 saturated heterocycles. The maximum atomic E-state index is 6.12. The monoisotopic (exact) mass is 343 g/mol. The van der Waals surface area contributed by atoms with Gasteiger partial charge in [0.1, 0.15) is 5.75 Å². The van der Waals surface area contributed by atoms with E-state index in [9.17, 15) is 0 Å². The summed E-state index contributed by atoms with van der Waals surface area (Å²) in [6.45, 7) is 4.64. The van der Waals surface area contributed by atoms with Crippen molar-refractivity contribution in [1.82, 2.24) is 0 Å². The van der Waals surface area contributed by atoms with Crippen molar-refractivity contribution < 1.29 is 4.74 Å². The van der Waals surface area contributed by atoms with Crippen molar-refractivity contribution in [2.24, 2.45) is 0 Å². The normalized spacial score (nSPS) is 10.8. The smallest absolute Gasteiger partial charge is 0.119 e. The number of rotatable bonds is 5. The minimum atomic E-state index is 0.170. The van der Waals surface area contributed by atoms with Crippen LogP contribution < -0.4 is 10.1 Å². The predicted octanol–water partition coefficient (Wildman–Crippen LogP) is 6.05. The summed E-state index contributed by atoms with van der Waals surface area (Å²) in [6, 6.07) is 11.3. The molecule has 0 heterocycles. The Morgan fingerprint density at radius 1 is 0.952 bits per heavy atom.